The number of nitrogens with zero attached hydrogens (tertiary/aromatic N) is 1. The maximum Gasteiger partial charge on any atom is 0.218 e. The topological polar surface area (TPSA) is 29.9 Å². The molecule has 1 heterocycles. The van der Waals surface area contributed by atoms with Crippen LogP contribution in [0.2, 0.25) is 0 Å². The molecule has 0 atom stereocenters. The van der Waals surface area contributed by atoms with Crippen LogP contribution in [0.15, 0.2) is 72.9 Å². The molecule has 0 fully saturated rings. The van der Waals surface area contributed by atoms with Crippen molar-refractivity contribution >= 4 is 5.69 Å². The van der Waals surface area contributed by atoms with E-state index < -0.39 is 0 Å². The first-order valence-electron chi connectivity index (χ1n) is 7.24. The standard InChI is InChI=1S/C19H19N2/c1-2-15-7-6-8-16(13-15)19-12-11-17(20)14-21(19)18-9-4-3-5-10-18/h3-14H,2,20H2,1H3/q+1. The molecule has 21 heavy (non-hydrogen) atoms. The monoisotopic (exact) mass is 275 g/mol. The Morgan fingerprint density at radius 2 is 1.71 bits per heavy atom. The Morgan fingerprint density at radius 3 is 2.48 bits per heavy atom. The number of aromatic nitrogens is 1. The molecule has 0 aliphatic carbocycles. The zero-order valence-corrected chi connectivity index (χ0v) is 12.2. The lowest BCUT2D eigenvalue weighted by Gasteiger charge is -2.06. The van der Waals surface area contributed by atoms with Crippen LogP contribution in [0.4, 0.5) is 5.69 Å². The highest BCUT2D eigenvalue weighted by Gasteiger charge is 2.16. The predicted octanol–water partition coefficient (Wildman–Crippen LogP) is 3.77. The van der Waals surface area contributed by atoms with Crippen molar-refractivity contribution in [2.45, 2.75) is 13.3 Å². The Bertz CT molecular complexity index is 749. The van der Waals surface area contributed by atoms with Crippen LogP contribution >= 0.6 is 0 Å². The van der Waals surface area contributed by atoms with Crippen LogP contribution in [-0.4, -0.2) is 0 Å². The fourth-order valence-corrected chi connectivity index (χ4v) is 2.51. The molecular weight excluding hydrogens is 256 g/mol. The quantitative estimate of drug-likeness (QED) is 0.724. The molecule has 104 valence electrons. The van der Waals surface area contributed by atoms with Crippen molar-refractivity contribution in [3.05, 3.63) is 78.5 Å². The van der Waals surface area contributed by atoms with Gasteiger partial charge in [0.2, 0.25) is 11.4 Å². The van der Waals surface area contributed by atoms with E-state index in [4.69, 9.17) is 5.73 Å². The lowest BCUT2D eigenvalue weighted by atomic mass is 10.1. The van der Waals surface area contributed by atoms with Gasteiger partial charge in [0.25, 0.3) is 0 Å². The van der Waals surface area contributed by atoms with E-state index in [9.17, 15) is 0 Å². The molecule has 2 nitrogen and oxygen atoms in total. The summed E-state index contributed by atoms with van der Waals surface area (Å²) in [6.07, 6.45) is 3.01. The molecule has 3 rings (SSSR count). The molecule has 0 spiro atoms. The second kappa shape index (κ2) is 5.80. The molecule has 0 radical (unpaired) electrons. The third kappa shape index (κ3) is 2.79. The Kier molecular flexibility index (Phi) is 3.69. The second-order valence-electron chi connectivity index (χ2n) is 5.11. The van der Waals surface area contributed by atoms with Crippen molar-refractivity contribution in [2.24, 2.45) is 0 Å². The van der Waals surface area contributed by atoms with Crippen LogP contribution in [0.3, 0.4) is 0 Å². The fourth-order valence-electron chi connectivity index (χ4n) is 2.51. The van der Waals surface area contributed by atoms with E-state index in [2.05, 4.69) is 54.0 Å². The van der Waals surface area contributed by atoms with Crippen LogP contribution in [0.5, 0.6) is 0 Å². The molecule has 0 saturated carbocycles. The number of rotatable bonds is 3. The van der Waals surface area contributed by atoms with Crippen LogP contribution < -0.4 is 10.3 Å². The first-order chi connectivity index (χ1) is 10.3. The number of aryl methyl sites for hydroxylation is 1. The normalized spacial score (nSPS) is 10.5. The van der Waals surface area contributed by atoms with Crippen LogP contribution in [-0.2, 0) is 6.42 Å². The molecule has 0 saturated heterocycles. The minimum Gasteiger partial charge on any atom is -0.394 e. The summed E-state index contributed by atoms with van der Waals surface area (Å²) in [5, 5.41) is 0. The molecule has 0 aliphatic rings. The van der Waals surface area contributed by atoms with E-state index >= 15 is 0 Å². The van der Waals surface area contributed by atoms with Gasteiger partial charge in [-0.05, 0) is 30.2 Å². The van der Waals surface area contributed by atoms with Gasteiger partial charge in [0.1, 0.15) is 0 Å². The summed E-state index contributed by atoms with van der Waals surface area (Å²) in [7, 11) is 0. The van der Waals surface area contributed by atoms with E-state index in [1.807, 2.05) is 30.5 Å². The maximum atomic E-state index is 5.98. The van der Waals surface area contributed by atoms with Gasteiger partial charge < -0.3 is 5.73 Å². The Labute approximate surface area is 125 Å². The number of para-hydroxylation sites is 1. The number of nitrogens with two attached hydrogens (primary N) is 1. The van der Waals surface area contributed by atoms with Gasteiger partial charge in [0, 0.05) is 23.8 Å². The molecule has 0 amide bonds. The van der Waals surface area contributed by atoms with Crippen molar-refractivity contribution in [3.8, 4) is 16.9 Å². The molecular formula is C19H19N2+. The van der Waals surface area contributed by atoms with Crippen LogP contribution in [0.25, 0.3) is 16.9 Å². The van der Waals surface area contributed by atoms with Gasteiger partial charge in [-0.3, -0.25) is 0 Å². The van der Waals surface area contributed by atoms with E-state index in [0.29, 0.717) is 0 Å². The highest BCUT2D eigenvalue weighted by Crippen LogP contribution is 2.20. The number of benzene rings is 2. The van der Waals surface area contributed by atoms with Crippen molar-refractivity contribution in [1.82, 2.24) is 0 Å². The summed E-state index contributed by atoms with van der Waals surface area (Å²) in [4.78, 5) is 0. The lowest BCUT2D eigenvalue weighted by Crippen LogP contribution is -2.33. The Balaban J connectivity index is 2.18. The summed E-state index contributed by atoms with van der Waals surface area (Å²) in [5.41, 5.74) is 11.5. The first-order valence-corrected chi connectivity index (χ1v) is 7.24. The zero-order chi connectivity index (χ0) is 14.7. The third-order valence-electron chi connectivity index (χ3n) is 3.64. The molecule has 2 heteroatoms. The highest BCUT2D eigenvalue weighted by molar-refractivity contribution is 5.59. The largest absolute Gasteiger partial charge is 0.394 e. The minimum absolute atomic E-state index is 0.759. The summed E-state index contributed by atoms with van der Waals surface area (Å²) in [6.45, 7) is 2.17. The lowest BCUT2D eigenvalue weighted by molar-refractivity contribution is -0.583. The van der Waals surface area contributed by atoms with Crippen LogP contribution in [0.1, 0.15) is 12.5 Å². The first kappa shape index (κ1) is 13.4. The van der Waals surface area contributed by atoms with Gasteiger partial charge in [-0.25, -0.2) is 0 Å². The molecule has 3 aromatic rings. The summed E-state index contributed by atoms with van der Waals surface area (Å²) >= 11 is 0. The van der Waals surface area contributed by atoms with Crippen molar-refractivity contribution in [1.29, 1.82) is 0 Å². The molecule has 2 N–H and O–H groups in total. The highest BCUT2D eigenvalue weighted by atomic mass is 15.0. The van der Waals surface area contributed by atoms with Gasteiger partial charge in [-0.2, -0.15) is 4.57 Å². The Morgan fingerprint density at radius 1 is 0.905 bits per heavy atom. The van der Waals surface area contributed by atoms with E-state index in [0.717, 1.165) is 23.5 Å². The average molecular weight is 275 g/mol. The van der Waals surface area contributed by atoms with Gasteiger partial charge >= 0.3 is 0 Å². The summed E-state index contributed by atoms with van der Waals surface area (Å²) in [5.74, 6) is 0. The van der Waals surface area contributed by atoms with Gasteiger partial charge in [-0.1, -0.05) is 37.3 Å². The molecule has 2 aromatic carbocycles. The SMILES string of the molecule is CCc1cccc(-c2ccc(N)c[n+]2-c2ccccc2)c1. The smallest absolute Gasteiger partial charge is 0.218 e. The van der Waals surface area contributed by atoms with Crippen molar-refractivity contribution < 1.29 is 4.57 Å². The average Bonchev–Trinajstić information content (AvgIpc) is 2.55. The molecule has 1 aromatic heterocycles. The number of nitrogen functional groups attached to an aromatic ring is 1. The minimum atomic E-state index is 0.759. The molecule has 0 bridgehead atoms. The fraction of sp³-hybridized carbons (Fsp3) is 0.105. The number of hydrogen-bond acceptors (Lipinski definition) is 1. The van der Waals surface area contributed by atoms with Gasteiger partial charge in [0.15, 0.2) is 6.20 Å². The Hall–Kier alpha value is -2.61. The van der Waals surface area contributed by atoms with Gasteiger partial charge in [0.05, 0.1) is 5.69 Å². The third-order valence-corrected chi connectivity index (χ3v) is 3.64. The number of hydrogen-bond donors (Lipinski definition) is 1. The van der Waals surface area contributed by atoms with E-state index in [-0.39, 0.29) is 0 Å². The van der Waals surface area contributed by atoms with E-state index in [1.165, 1.54) is 11.1 Å². The van der Waals surface area contributed by atoms with Gasteiger partial charge in [-0.15, -0.1) is 0 Å². The number of pyridine rings is 1. The summed E-state index contributed by atoms with van der Waals surface area (Å²) in [6, 6.07) is 23.0. The maximum absolute atomic E-state index is 5.98. The molecule has 0 unspecified atom stereocenters. The molecule has 0 aliphatic heterocycles. The van der Waals surface area contributed by atoms with Crippen molar-refractivity contribution in [3.63, 3.8) is 0 Å². The predicted molar refractivity (Wildman–Crippen MR) is 87.2 cm³/mol. The zero-order valence-electron chi connectivity index (χ0n) is 12.2. The van der Waals surface area contributed by atoms with Crippen molar-refractivity contribution in [2.75, 3.05) is 5.73 Å². The van der Waals surface area contributed by atoms with E-state index in [1.54, 1.807) is 0 Å². The second-order valence-corrected chi connectivity index (χ2v) is 5.11. The number of anilines is 1. The van der Waals surface area contributed by atoms with Crippen LogP contribution in [0, 0.1) is 0 Å². The summed E-state index contributed by atoms with van der Waals surface area (Å²) < 4.78 is 2.14.